The summed E-state index contributed by atoms with van der Waals surface area (Å²) in [6.07, 6.45) is 0.188. The number of ether oxygens (including phenoxy) is 1. The lowest BCUT2D eigenvalue weighted by molar-refractivity contribution is -0.115. The van der Waals surface area contributed by atoms with Gasteiger partial charge in [-0.25, -0.2) is 4.79 Å². The number of carbonyl (C=O) groups excluding carboxylic acids is 2. The van der Waals surface area contributed by atoms with Crippen molar-refractivity contribution in [1.82, 2.24) is 15.0 Å². The maximum atomic E-state index is 12.4. The summed E-state index contributed by atoms with van der Waals surface area (Å²) in [5.41, 5.74) is 12.4. The van der Waals surface area contributed by atoms with E-state index >= 15 is 0 Å². The average molecular weight is 378 g/mol. The van der Waals surface area contributed by atoms with Gasteiger partial charge in [0.2, 0.25) is 17.8 Å². The number of hydrogen-bond acceptors (Lipinski definition) is 8. The largest absolute Gasteiger partial charge is 0.454 e. The zero-order valence-corrected chi connectivity index (χ0v) is 14.8. The molecular weight excluding hydrogens is 360 g/mol. The van der Waals surface area contributed by atoms with E-state index in [1.807, 2.05) is 30.3 Å². The molecule has 9 nitrogen and oxygen atoms in total. The molecule has 0 radical (unpaired) electrons. The van der Waals surface area contributed by atoms with Gasteiger partial charge in [-0.1, -0.05) is 42.5 Å². The molecule has 142 valence electrons. The molecule has 0 atom stereocenters. The van der Waals surface area contributed by atoms with E-state index in [1.54, 1.807) is 24.3 Å². The first kappa shape index (κ1) is 18.8. The molecule has 0 aliphatic rings. The van der Waals surface area contributed by atoms with Gasteiger partial charge in [0.15, 0.2) is 12.4 Å². The minimum Gasteiger partial charge on any atom is -0.454 e. The molecule has 0 bridgehead atoms. The molecule has 0 unspecified atom stereocenters. The van der Waals surface area contributed by atoms with Crippen molar-refractivity contribution in [1.29, 1.82) is 0 Å². The topological polar surface area (TPSA) is 146 Å². The predicted octanol–water partition coefficient (Wildman–Crippen LogP) is 1.57. The van der Waals surface area contributed by atoms with Crippen LogP contribution in [0.25, 0.3) is 0 Å². The molecule has 9 heteroatoms. The molecule has 0 spiro atoms. The summed E-state index contributed by atoms with van der Waals surface area (Å²) in [6.45, 7) is -0.234. The van der Waals surface area contributed by atoms with Crippen LogP contribution >= 0.6 is 0 Å². The Hall–Kier alpha value is -4.01. The first-order chi connectivity index (χ1) is 13.5. The van der Waals surface area contributed by atoms with Crippen LogP contribution in [0.4, 0.5) is 17.6 Å². The number of nitrogen functional groups attached to an aromatic ring is 2. The summed E-state index contributed by atoms with van der Waals surface area (Å²) in [5, 5.41) is 2.74. The van der Waals surface area contributed by atoms with E-state index in [-0.39, 0.29) is 42.2 Å². The Morgan fingerprint density at radius 3 is 2.25 bits per heavy atom. The fourth-order valence-corrected chi connectivity index (χ4v) is 2.47. The molecule has 1 aromatic heterocycles. The van der Waals surface area contributed by atoms with Crippen molar-refractivity contribution < 1.29 is 14.3 Å². The number of nitrogens with two attached hydrogens (primary N) is 2. The highest BCUT2D eigenvalue weighted by molar-refractivity contribution is 6.01. The molecule has 28 heavy (non-hydrogen) atoms. The Kier molecular flexibility index (Phi) is 5.75. The van der Waals surface area contributed by atoms with Gasteiger partial charge < -0.3 is 21.5 Å². The minimum atomic E-state index is -0.645. The lowest BCUT2D eigenvalue weighted by Gasteiger charge is -2.11. The van der Waals surface area contributed by atoms with Crippen LogP contribution < -0.4 is 16.8 Å². The van der Waals surface area contributed by atoms with Crippen molar-refractivity contribution in [2.75, 3.05) is 16.8 Å². The van der Waals surface area contributed by atoms with Gasteiger partial charge in [0.05, 0.1) is 17.7 Å². The highest BCUT2D eigenvalue weighted by atomic mass is 16.5. The molecule has 3 aromatic rings. The molecule has 0 saturated heterocycles. The van der Waals surface area contributed by atoms with E-state index in [0.717, 1.165) is 5.56 Å². The van der Waals surface area contributed by atoms with E-state index < -0.39 is 5.97 Å². The third-order valence-corrected chi connectivity index (χ3v) is 3.68. The van der Waals surface area contributed by atoms with Gasteiger partial charge in [0.1, 0.15) is 0 Å². The molecule has 0 fully saturated rings. The van der Waals surface area contributed by atoms with Crippen molar-refractivity contribution >= 4 is 29.5 Å². The van der Waals surface area contributed by atoms with Crippen LogP contribution in [0.15, 0.2) is 54.6 Å². The first-order valence-electron chi connectivity index (χ1n) is 8.37. The van der Waals surface area contributed by atoms with Gasteiger partial charge in [-0.3, -0.25) is 4.79 Å². The highest BCUT2D eigenvalue weighted by Gasteiger charge is 2.15. The van der Waals surface area contributed by atoms with Gasteiger partial charge in [-0.2, -0.15) is 15.0 Å². The highest BCUT2D eigenvalue weighted by Crippen LogP contribution is 2.17. The van der Waals surface area contributed by atoms with Crippen LogP contribution in [0.5, 0.6) is 0 Å². The molecule has 3 rings (SSSR count). The number of amides is 1. The van der Waals surface area contributed by atoms with Gasteiger partial charge >= 0.3 is 5.97 Å². The summed E-state index contributed by atoms with van der Waals surface area (Å²) in [4.78, 5) is 36.1. The fourth-order valence-electron chi connectivity index (χ4n) is 2.47. The molecule has 0 aliphatic heterocycles. The number of carbonyl (C=O) groups is 2. The molecule has 1 amide bonds. The van der Waals surface area contributed by atoms with E-state index in [0.29, 0.717) is 5.69 Å². The zero-order chi connectivity index (χ0) is 19.9. The summed E-state index contributed by atoms with van der Waals surface area (Å²) in [7, 11) is 0. The summed E-state index contributed by atoms with van der Waals surface area (Å²) in [6, 6.07) is 15.8. The lowest BCUT2D eigenvalue weighted by Crippen LogP contribution is -2.18. The molecule has 5 N–H and O–H groups in total. The first-order valence-corrected chi connectivity index (χ1v) is 8.37. The van der Waals surface area contributed by atoms with Crippen LogP contribution in [0.2, 0.25) is 0 Å². The number of hydrogen-bond donors (Lipinski definition) is 3. The van der Waals surface area contributed by atoms with Crippen LogP contribution in [0, 0.1) is 0 Å². The number of para-hydroxylation sites is 1. The standard InChI is InChI=1S/C19H18N6O3/c20-18-23-15(24-19(21)25-18)11-28-17(27)13-8-4-5-9-14(13)22-16(26)10-12-6-2-1-3-7-12/h1-9H,10-11H2,(H,22,26)(H4,20,21,23,24,25). The van der Waals surface area contributed by atoms with Crippen molar-refractivity contribution in [2.24, 2.45) is 0 Å². The van der Waals surface area contributed by atoms with E-state index in [1.165, 1.54) is 0 Å². The summed E-state index contributed by atoms with van der Waals surface area (Å²) in [5.74, 6) is -0.888. The monoisotopic (exact) mass is 378 g/mol. The van der Waals surface area contributed by atoms with E-state index in [2.05, 4.69) is 20.3 Å². The Balaban J connectivity index is 1.67. The number of esters is 1. The van der Waals surface area contributed by atoms with Crippen molar-refractivity contribution in [3.8, 4) is 0 Å². The van der Waals surface area contributed by atoms with Crippen LogP contribution in [0.3, 0.4) is 0 Å². The molecule has 0 saturated carbocycles. The Bertz CT molecular complexity index is 974. The van der Waals surface area contributed by atoms with Gasteiger partial charge in [0.25, 0.3) is 0 Å². The SMILES string of the molecule is Nc1nc(N)nc(COC(=O)c2ccccc2NC(=O)Cc2ccccc2)n1. The van der Waals surface area contributed by atoms with E-state index in [9.17, 15) is 9.59 Å². The third kappa shape index (κ3) is 5.01. The quantitative estimate of drug-likeness (QED) is 0.548. The fraction of sp³-hybridized carbons (Fsp3) is 0.105. The third-order valence-electron chi connectivity index (χ3n) is 3.68. The van der Waals surface area contributed by atoms with Gasteiger partial charge in [-0.05, 0) is 17.7 Å². The molecule has 1 heterocycles. The van der Waals surface area contributed by atoms with Gasteiger partial charge in [-0.15, -0.1) is 0 Å². The summed E-state index contributed by atoms with van der Waals surface area (Å²) >= 11 is 0. The second-order valence-corrected chi connectivity index (χ2v) is 5.80. The number of aromatic nitrogens is 3. The number of nitrogens with one attached hydrogen (secondary N) is 1. The zero-order valence-electron chi connectivity index (χ0n) is 14.8. The second kappa shape index (κ2) is 8.58. The van der Waals surface area contributed by atoms with Crippen molar-refractivity contribution in [3.05, 3.63) is 71.5 Å². The number of anilines is 3. The molecule has 0 aliphatic carbocycles. The second-order valence-electron chi connectivity index (χ2n) is 5.80. The van der Waals surface area contributed by atoms with Crippen molar-refractivity contribution in [3.63, 3.8) is 0 Å². The lowest BCUT2D eigenvalue weighted by atomic mass is 10.1. The molecular formula is C19H18N6O3. The molecule has 2 aromatic carbocycles. The smallest absolute Gasteiger partial charge is 0.340 e. The van der Waals surface area contributed by atoms with E-state index in [4.69, 9.17) is 16.2 Å². The summed E-state index contributed by atoms with van der Waals surface area (Å²) < 4.78 is 5.21. The number of rotatable bonds is 6. The Morgan fingerprint density at radius 1 is 0.893 bits per heavy atom. The number of benzene rings is 2. The minimum absolute atomic E-state index is 0.0628. The van der Waals surface area contributed by atoms with Crippen LogP contribution in [-0.2, 0) is 22.6 Å². The average Bonchev–Trinajstić information content (AvgIpc) is 2.66. The van der Waals surface area contributed by atoms with Crippen molar-refractivity contribution in [2.45, 2.75) is 13.0 Å². The normalized spacial score (nSPS) is 10.3. The maximum Gasteiger partial charge on any atom is 0.340 e. The predicted molar refractivity (Wildman–Crippen MR) is 103 cm³/mol. The maximum absolute atomic E-state index is 12.4. The van der Waals surface area contributed by atoms with Crippen LogP contribution in [0.1, 0.15) is 21.7 Å². The number of nitrogens with zero attached hydrogens (tertiary/aromatic N) is 3. The Morgan fingerprint density at radius 2 is 1.54 bits per heavy atom. The Labute approximate surface area is 160 Å². The van der Waals surface area contributed by atoms with Crippen LogP contribution in [-0.4, -0.2) is 26.8 Å². The van der Waals surface area contributed by atoms with Gasteiger partial charge in [0, 0.05) is 0 Å².